The molecule has 1 heterocycles. The van der Waals surface area contributed by atoms with Crippen molar-refractivity contribution in [2.24, 2.45) is 0 Å². The minimum Gasteiger partial charge on any atom is -0.488 e. The van der Waals surface area contributed by atoms with E-state index < -0.39 is 11.7 Å². The molecular formula is C25H25F3O3S. The molecule has 0 saturated carbocycles. The molecule has 0 aliphatic heterocycles. The molecule has 0 atom stereocenters. The summed E-state index contributed by atoms with van der Waals surface area (Å²) in [6.45, 7) is 6.49. The van der Waals surface area contributed by atoms with Crippen molar-refractivity contribution >= 4 is 17.3 Å². The van der Waals surface area contributed by atoms with Crippen LogP contribution in [0.5, 0.6) is 5.75 Å². The average molecular weight is 463 g/mol. The molecule has 1 aromatic heterocycles. The quantitative estimate of drug-likeness (QED) is 0.334. The van der Waals surface area contributed by atoms with Gasteiger partial charge in [-0.25, -0.2) is 0 Å². The van der Waals surface area contributed by atoms with Crippen LogP contribution in [0.2, 0.25) is 0 Å². The Kier molecular flexibility index (Phi) is 7.61. The molecule has 0 radical (unpaired) electrons. The summed E-state index contributed by atoms with van der Waals surface area (Å²) >= 11 is 1.51. The van der Waals surface area contributed by atoms with E-state index in [2.05, 4.69) is 0 Å². The highest BCUT2D eigenvalue weighted by Gasteiger charge is 2.30. The van der Waals surface area contributed by atoms with E-state index in [1.54, 1.807) is 6.92 Å². The van der Waals surface area contributed by atoms with E-state index in [1.165, 1.54) is 23.5 Å². The summed E-state index contributed by atoms with van der Waals surface area (Å²) in [5, 5.41) is 0. The van der Waals surface area contributed by atoms with Gasteiger partial charge in [0.1, 0.15) is 12.4 Å². The molecule has 170 valence electrons. The van der Waals surface area contributed by atoms with Crippen LogP contribution in [0.3, 0.4) is 0 Å². The number of esters is 1. The predicted octanol–water partition coefficient (Wildman–Crippen LogP) is 7.13. The van der Waals surface area contributed by atoms with Crippen LogP contribution in [0, 0.1) is 13.8 Å². The van der Waals surface area contributed by atoms with Gasteiger partial charge in [0.2, 0.25) is 0 Å². The zero-order valence-corrected chi connectivity index (χ0v) is 19.0. The number of carbonyl (C=O) groups excluding carboxylic acids is 1. The van der Waals surface area contributed by atoms with Crippen molar-refractivity contribution < 1.29 is 27.4 Å². The molecule has 0 aliphatic rings. The highest BCUT2D eigenvalue weighted by Crippen LogP contribution is 2.35. The van der Waals surface area contributed by atoms with Crippen LogP contribution in [-0.4, -0.2) is 12.6 Å². The van der Waals surface area contributed by atoms with Crippen LogP contribution < -0.4 is 4.74 Å². The number of rotatable bonds is 8. The molecule has 2 aromatic carbocycles. The number of carbonyl (C=O) groups is 1. The average Bonchev–Trinajstić information content (AvgIpc) is 3.12. The van der Waals surface area contributed by atoms with Crippen molar-refractivity contribution in [3.8, 4) is 16.2 Å². The molecule has 0 amide bonds. The van der Waals surface area contributed by atoms with Gasteiger partial charge >= 0.3 is 12.1 Å². The van der Waals surface area contributed by atoms with Crippen molar-refractivity contribution in [3.63, 3.8) is 0 Å². The minimum absolute atomic E-state index is 0.204. The Bertz CT molecular complexity index is 1070. The van der Waals surface area contributed by atoms with E-state index in [4.69, 9.17) is 9.47 Å². The van der Waals surface area contributed by atoms with Gasteiger partial charge in [0.25, 0.3) is 0 Å². The van der Waals surface area contributed by atoms with Gasteiger partial charge in [0.15, 0.2) is 0 Å². The van der Waals surface area contributed by atoms with Crippen LogP contribution in [-0.2, 0) is 28.7 Å². The molecule has 0 unspecified atom stereocenters. The Hall–Kier alpha value is -2.80. The molecule has 7 heteroatoms. The summed E-state index contributed by atoms with van der Waals surface area (Å²) in [6, 6.07) is 13.0. The zero-order valence-electron chi connectivity index (χ0n) is 18.2. The second-order valence-corrected chi connectivity index (χ2v) is 8.61. The van der Waals surface area contributed by atoms with Gasteiger partial charge < -0.3 is 9.47 Å². The van der Waals surface area contributed by atoms with Crippen LogP contribution >= 0.6 is 11.3 Å². The minimum atomic E-state index is -4.34. The number of halogens is 3. The summed E-state index contributed by atoms with van der Waals surface area (Å²) in [5.74, 6) is 0.524. The Balaban J connectivity index is 1.63. The lowest BCUT2D eigenvalue weighted by Crippen LogP contribution is -2.05. The summed E-state index contributed by atoms with van der Waals surface area (Å²) in [6.07, 6.45) is -3.38. The van der Waals surface area contributed by atoms with Gasteiger partial charge in [-0.15, -0.1) is 11.3 Å². The number of hydrogen-bond acceptors (Lipinski definition) is 4. The Labute approximate surface area is 189 Å². The second kappa shape index (κ2) is 10.2. The number of alkyl halides is 3. The first kappa shape index (κ1) is 23.9. The van der Waals surface area contributed by atoms with Crippen LogP contribution in [0.1, 0.15) is 40.5 Å². The number of hydrogen-bond donors (Lipinski definition) is 0. The van der Waals surface area contributed by atoms with E-state index in [-0.39, 0.29) is 5.97 Å². The third-order valence-corrected chi connectivity index (χ3v) is 6.36. The fourth-order valence-corrected chi connectivity index (χ4v) is 4.38. The first-order valence-electron chi connectivity index (χ1n) is 10.3. The van der Waals surface area contributed by atoms with Crippen LogP contribution in [0.25, 0.3) is 10.4 Å². The Morgan fingerprint density at radius 1 is 1.00 bits per heavy atom. The molecule has 0 spiro atoms. The number of ether oxygens (including phenoxy) is 2. The van der Waals surface area contributed by atoms with Gasteiger partial charge in [0, 0.05) is 16.2 Å². The highest BCUT2D eigenvalue weighted by atomic mass is 32.1. The summed E-state index contributed by atoms with van der Waals surface area (Å²) < 4.78 is 49.3. The molecular weight excluding hydrogens is 437 g/mol. The zero-order chi connectivity index (χ0) is 23.3. The maximum absolute atomic E-state index is 12.8. The molecule has 0 saturated heterocycles. The van der Waals surface area contributed by atoms with Crippen molar-refractivity contribution in [3.05, 3.63) is 75.7 Å². The number of aryl methyl sites for hydroxylation is 3. The summed E-state index contributed by atoms with van der Waals surface area (Å²) in [4.78, 5) is 13.5. The number of thiophene rings is 1. The fourth-order valence-electron chi connectivity index (χ4n) is 3.29. The molecule has 3 nitrogen and oxygen atoms in total. The Morgan fingerprint density at radius 2 is 1.72 bits per heavy atom. The van der Waals surface area contributed by atoms with Gasteiger partial charge in [-0.3, -0.25) is 4.79 Å². The second-order valence-electron chi connectivity index (χ2n) is 7.47. The fraction of sp³-hybridized carbons (Fsp3) is 0.320. The normalized spacial score (nSPS) is 11.4. The number of benzene rings is 2. The van der Waals surface area contributed by atoms with Crippen LogP contribution in [0.4, 0.5) is 13.2 Å². The maximum Gasteiger partial charge on any atom is 0.416 e. The van der Waals surface area contributed by atoms with E-state index in [9.17, 15) is 18.0 Å². The topological polar surface area (TPSA) is 35.5 Å². The van der Waals surface area contributed by atoms with Crippen molar-refractivity contribution in [1.29, 1.82) is 0 Å². The SMILES string of the molecule is CCOC(=O)CCc1ccc(OCc2sc(-c3ccc(C(F)(F)F)cc3)cc2C)cc1C. The lowest BCUT2D eigenvalue weighted by atomic mass is 10.0. The smallest absolute Gasteiger partial charge is 0.416 e. The van der Waals surface area contributed by atoms with E-state index >= 15 is 0 Å². The Morgan fingerprint density at radius 3 is 2.34 bits per heavy atom. The summed E-state index contributed by atoms with van der Waals surface area (Å²) in [7, 11) is 0. The molecule has 0 aliphatic carbocycles. The van der Waals surface area contributed by atoms with Gasteiger partial charge in [-0.1, -0.05) is 18.2 Å². The maximum atomic E-state index is 12.8. The van der Waals surface area contributed by atoms with E-state index in [1.807, 2.05) is 38.1 Å². The monoisotopic (exact) mass is 462 g/mol. The van der Waals surface area contributed by atoms with Crippen molar-refractivity contribution in [2.45, 2.75) is 46.4 Å². The lowest BCUT2D eigenvalue weighted by Gasteiger charge is -2.10. The first-order valence-corrected chi connectivity index (χ1v) is 11.1. The van der Waals surface area contributed by atoms with E-state index in [0.717, 1.165) is 49.9 Å². The highest BCUT2D eigenvalue weighted by molar-refractivity contribution is 7.15. The first-order chi connectivity index (χ1) is 15.2. The van der Waals surface area contributed by atoms with E-state index in [0.29, 0.717) is 26.1 Å². The summed E-state index contributed by atoms with van der Waals surface area (Å²) in [5.41, 5.74) is 3.24. The van der Waals surface area contributed by atoms with Crippen LogP contribution in [0.15, 0.2) is 48.5 Å². The van der Waals surface area contributed by atoms with Crippen molar-refractivity contribution in [1.82, 2.24) is 0 Å². The lowest BCUT2D eigenvalue weighted by molar-refractivity contribution is -0.143. The molecule has 0 fully saturated rings. The van der Waals surface area contributed by atoms with Gasteiger partial charge in [0.05, 0.1) is 12.2 Å². The van der Waals surface area contributed by atoms with Gasteiger partial charge in [-0.05, 0) is 79.8 Å². The molecule has 0 bridgehead atoms. The third-order valence-electron chi connectivity index (χ3n) is 5.11. The largest absolute Gasteiger partial charge is 0.488 e. The molecule has 32 heavy (non-hydrogen) atoms. The third kappa shape index (κ3) is 6.13. The standard InChI is InChI=1S/C25H25F3O3S/c1-4-30-24(29)12-8-18-7-11-21(13-16(18)2)31-15-23-17(3)14-22(32-23)19-5-9-20(10-6-19)25(26,27)28/h5-7,9-11,13-14H,4,8,12,15H2,1-3H3. The molecule has 0 N–H and O–H groups in total. The van der Waals surface area contributed by atoms with Crippen molar-refractivity contribution in [2.75, 3.05) is 6.61 Å². The molecule has 3 rings (SSSR count). The van der Waals surface area contributed by atoms with Gasteiger partial charge in [-0.2, -0.15) is 13.2 Å². The molecule has 3 aromatic rings. The predicted molar refractivity (Wildman–Crippen MR) is 120 cm³/mol.